The van der Waals surface area contributed by atoms with E-state index in [1.807, 2.05) is 0 Å². The predicted molar refractivity (Wildman–Crippen MR) is 61.7 cm³/mol. The third-order valence-corrected chi connectivity index (χ3v) is 1.83. The van der Waals surface area contributed by atoms with E-state index in [1.54, 1.807) is 20.8 Å². The van der Waals surface area contributed by atoms with Crippen LogP contribution in [0.3, 0.4) is 0 Å². The van der Waals surface area contributed by atoms with Crippen LogP contribution in [-0.2, 0) is 14.3 Å². The summed E-state index contributed by atoms with van der Waals surface area (Å²) in [6, 6.07) is 0. The zero-order chi connectivity index (χ0) is 12.3. The summed E-state index contributed by atoms with van der Waals surface area (Å²) in [7, 11) is 0. The largest absolute Gasteiger partial charge is 0.430 e. The first kappa shape index (κ1) is 15.6. The van der Waals surface area contributed by atoms with Crippen LogP contribution >= 0.6 is 46.4 Å². The molecule has 0 aliphatic carbocycles. The van der Waals surface area contributed by atoms with Crippen molar-refractivity contribution >= 4 is 52.4 Å². The number of hydrogen-bond acceptors (Lipinski definition) is 3. The Balaban J connectivity index is 4.54. The van der Waals surface area contributed by atoms with Crippen LogP contribution in [0.25, 0.3) is 0 Å². The molecule has 90 valence electrons. The monoisotopic (exact) mass is 296 g/mol. The first-order valence-electron chi connectivity index (χ1n) is 4.06. The molecule has 15 heavy (non-hydrogen) atoms. The number of esters is 1. The first-order valence-corrected chi connectivity index (χ1v) is 5.73. The molecule has 0 bridgehead atoms. The molecule has 0 saturated carbocycles. The molecular formula is C8H12Cl4O3. The molecule has 0 spiro atoms. The Hall–Kier alpha value is 0.590. The summed E-state index contributed by atoms with van der Waals surface area (Å²) in [5.41, 5.74) is -0.610. The number of alkyl halides is 4. The van der Waals surface area contributed by atoms with Crippen molar-refractivity contribution in [2.24, 2.45) is 0 Å². The maximum atomic E-state index is 10.9. The Bertz CT molecular complexity index is 219. The van der Waals surface area contributed by atoms with Crippen molar-refractivity contribution in [3.05, 3.63) is 0 Å². The Kier molecular flexibility index (Phi) is 6.01. The molecule has 3 nitrogen and oxygen atoms in total. The highest BCUT2D eigenvalue weighted by Gasteiger charge is 2.39. The van der Waals surface area contributed by atoms with Gasteiger partial charge in [0.15, 0.2) is 0 Å². The molecule has 7 heteroatoms. The molecule has 0 aromatic carbocycles. The summed E-state index contributed by atoms with van der Waals surface area (Å²) < 4.78 is 8.18. The van der Waals surface area contributed by atoms with E-state index in [4.69, 9.17) is 55.9 Å². The van der Waals surface area contributed by atoms with Crippen LogP contribution in [0, 0.1) is 0 Å². The number of hydrogen-bond donors (Lipinski definition) is 0. The van der Waals surface area contributed by atoms with Gasteiger partial charge >= 0.3 is 5.97 Å². The Labute approximate surface area is 109 Å². The van der Waals surface area contributed by atoms with Crippen LogP contribution in [0.5, 0.6) is 0 Å². The van der Waals surface area contributed by atoms with Crippen molar-refractivity contribution in [1.29, 1.82) is 0 Å². The number of halogens is 4. The van der Waals surface area contributed by atoms with Crippen molar-refractivity contribution in [2.45, 2.75) is 36.5 Å². The van der Waals surface area contributed by atoms with Gasteiger partial charge in [-0.15, -0.1) is 11.6 Å². The van der Waals surface area contributed by atoms with E-state index < -0.39 is 21.7 Å². The summed E-state index contributed by atoms with van der Waals surface area (Å²) in [4.78, 5) is 10.9. The quantitative estimate of drug-likeness (QED) is 0.456. The molecule has 0 aliphatic heterocycles. The molecule has 1 atom stereocenters. The minimum Gasteiger partial charge on any atom is -0.430 e. The number of carbonyl (C=O) groups is 1. The lowest BCUT2D eigenvalue weighted by Crippen LogP contribution is -2.40. The van der Waals surface area contributed by atoms with E-state index in [1.165, 1.54) is 0 Å². The van der Waals surface area contributed by atoms with E-state index >= 15 is 0 Å². The fourth-order valence-corrected chi connectivity index (χ4v) is 0.960. The van der Waals surface area contributed by atoms with Crippen LogP contribution in [0.1, 0.15) is 20.8 Å². The van der Waals surface area contributed by atoms with E-state index in [0.717, 1.165) is 0 Å². The van der Waals surface area contributed by atoms with Gasteiger partial charge < -0.3 is 9.47 Å². The Morgan fingerprint density at radius 2 is 1.73 bits per heavy atom. The van der Waals surface area contributed by atoms with Crippen LogP contribution in [0.4, 0.5) is 0 Å². The SMILES string of the molecule is CC(C)(C)OC(OC(=O)CCl)C(Cl)(Cl)Cl. The van der Waals surface area contributed by atoms with Crippen molar-refractivity contribution in [2.75, 3.05) is 5.88 Å². The predicted octanol–water partition coefficient (Wildman–Crippen LogP) is 3.28. The van der Waals surface area contributed by atoms with Gasteiger partial charge in [0.05, 0.1) is 5.60 Å². The topological polar surface area (TPSA) is 35.5 Å². The van der Waals surface area contributed by atoms with Crippen LogP contribution in [0.2, 0.25) is 0 Å². The zero-order valence-corrected chi connectivity index (χ0v) is 11.5. The molecule has 0 N–H and O–H groups in total. The van der Waals surface area contributed by atoms with Gasteiger partial charge in [-0.25, -0.2) is 0 Å². The third kappa shape index (κ3) is 7.47. The molecule has 0 aromatic rings. The van der Waals surface area contributed by atoms with Crippen molar-refractivity contribution in [3.8, 4) is 0 Å². The fraction of sp³-hybridized carbons (Fsp3) is 0.875. The van der Waals surface area contributed by atoms with Crippen molar-refractivity contribution < 1.29 is 14.3 Å². The highest BCUT2D eigenvalue weighted by molar-refractivity contribution is 6.68. The molecule has 0 aliphatic rings. The summed E-state index contributed by atoms with van der Waals surface area (Å²) in [5.74, 6) is -1.04. The average molecular weight is 298 g/mol. The molecule has 0 heterocycles. The highest BCUT2D eigenvalue weighted by atomic mass is 35.6. The molecule has 0 radical (unpaired) electrons. The fourth-order valence-electron chi connectivity index (χ4n) is 0.630. The lowest BCUT2D eigenvalue weighted by atomic mass is 10.2. The lowest BCUT2D eigenvalue weighted by Gasteiger charge is -2.30. The van der Waals surface area contributed by atoms with Gasteiger partial charge in [0.1, 0.15) is 5.88 Å². The number of carbonyl (C=O) groups excluding carboxylic acids is 1. The molecular weight excluding hydrogens is 286 g/mol. The summed E-state index contributed by atoms with van der Waals surface area (Å²) in [6.07, 6.45) is -1.28. The Morgan fingerprint density at radius 1 is 1.27 bits per heavy atom. The van der Waals surface area contributed by atoms with Gasteiger partial charge in [-0.3, -0.25) is 4.79 Å². The maximum absolute atomic E-state index is 10.9. The summed E-state index contributed by atoms with van der Waals surface area (Å²) >= 11 is 22.0. The van der Waals surface area contributed by atoms with Crippen molar-refractivity contribution in [3.63, 3.8) is 0 Å². The van der Waals surface area contributed by atoms with Crippen LogP contribution < -0.4 is 0 Å². The first-order chi connectivity index (χ1) is 6.56. The average Bonchev–Trinajstić information content (AvgIpc) is 1.98. The molecule has 0 saturated heterocycles. The van der Waals surface area contributed by atoms with E-state index in [0.29, 0.717) is 0 Å². The summed E-state index contributed by atoms with van der Waals surface area (Å²) in [5, 5.41) is 0. The molecule has 0 aromatic heterocycles. The lowest BCUT2D eigenvalue weighted by molar-refractivity contribution is -0.199. The van der Waals surface area contributed by atoms with Gasteiger partial charge in [0.25, 0.3) is 10.1 Å². The van der Waals surface area contributed by atoms with E-state index in [2.05, 4.69) is 0 Å². The van der Waals surface area contributed by atoms with Gasteiger partial charge in [-0.05, 0) is 20.8 Å². The minimum absolute atomic E-state index is 0.329. The molecule has 0 rings (SSSR count). The minimum atomic E-state index is -1.85. The second kappa shape index (κ2) is 5.78. The van der Waals surface area contributed by atoms with Gasteiger partial charge in [0.2, 0.25) is 0 Å². The third-order valence-electron chi connectivity index (χ3n) is 1.08. The second-order valence-electron chi connectivity index (χ2n) is 3.73. The second-order valence-corrected chi connectivity index (χ2v) is 6.36. The van der Waals surface area contributed by atoms with E-state index in [-0.39, 0.29) is 5.88 Å². The summed E-state index contributed by atoms with van der Waals surface area (Å²) in [6.45, 7) is 5.22. The van der Waals surface area contributed by atoms with Crippen molar-refractivity contribution in [1.82, 2.24) is 0 Å². The van der Waals surface area contributed by atoms with Gasteiger partial charge in [-0.1, -0.05) is 34.8 Å². The number of rotatable bonds is 3. The standard InChI is InChI=1S/C8H12Cl4O3/c1-7(2,3)15-6(8(10,11)12)14-5(13)4-9/h6H,4H2,1-3H3. The van der Waals surface area contributed by atoms with Crippen LogP contribution in [-0.4, -0.2) is 27.5 Å². The van der Waals surface area contributed by atoms with Gasteiger partial charge in [0, 0.05) is 0 Å². The zero-order valence-electron chi connectivity index (χ0n) is 8.52. The Morgan fingerprint density at radius 3 is 2.00 bits per heavy atom. The number of ether oxygens (including phenoxy) is 2. The smallest absolute Gasteiger partial charge is 0.323 e. The molecule has 1 unspecified atom stereocenters. The maximum Gasteiger partial charge on any atom is 0.323 e. The molecule has 0 amide bonds. The highest BCUT2D eigenvalue weighted by Crippen LogP contribution is 2.35. The van der Waals surface area contributed by atoms with E-state index in [9.17, 15) is 4.79 Å². The normalized spacial score (nSPS) is 14.9. The molecule has 0 fully saturated rings. The van der Waals surface area contributed by atoms with Gasteiger partial charge in [-0.2, -0.15) is 0 Å². The van der Waals surface area contributed by atoms with Crippen LogP contribution in [0.15, 0.2) is 0 Å².